The Morgan fingerprint density at radius 3 is 2.94 bits per heavy atom. The van der Waals surface area contributed by atoms with Gasteiger partial charge in [-0.2, -0.15) is 0 Å². The molecule has 0 atom stereocenters. The molecule has 0 spiro atoms. The van der Waals surface area contributed by atoms with Crippen LogP contribution < -0.4 is 10.6 Å². The molecule has 88 valence electrons. The van der Waals surface area contributed by atoms with E-state index in [1.54, 1.807) is 6.07 Å². The summed E-state index contributed by atoms with van der Waals surface area (Å²) in [6.45, 7) is 4.80. The van der Waals surface area contributed by atoms with E-state index >= 15 is 0 Å². The summed E-state index contributed by atoms with van der Waals surface area (Å²) >= 11 is 14.5. The Kier molecular flexibility index (Phi) is 5.44. The van der Waals surface area contributed by atoms with Crippen LogP contribution in [-0.4, -0.2) is 16.6 Å². The minimum absolute atomic E-state index is 0.540. The lowest BCUT2D eigenvalue weighted by atomic mass is 10.4. The van der Waals surface area contributed by atoms with E-state index in [1.165, 1.54) is 0 Å². The molecule has 1 rings (SSSR count). The van der Waals surface area contributed by atoms with Gasteiger partial charge in [0.25, 0.3) is 0 Å². The normalized spacial score (nSPS) is 10.0. The number of aromatic nitrogens is 1. The molecular formula is C10H13BrClN3S. The number of hydrogen-bond acceptors (Lipinski definition) is 2. The average molecular weight is 323 g/mol. The zero-order chi connectivity index (χ0) is 12.1. The van der Waals surface area contributed by atoms with Crippen LogP contribution in [0.25, 0.3) is 0 Å². The maximum atomic E-state index is 6.04. The van der Waals surface area contributed by atoms with E-state index in [1.807, 2.05) is 6.92 Å². The van der Waals surface area contributed by atoms with Gasteiger partial charge in [0.1, 0.15) is 0 Å². The van der Waals surface area contributed by atoms with E-state index in [0.717, 1.165) is 23.1 Å². The maximum Gasteiger partial charge on any atom is 0.171 e. The second-order valence-electron chi connectivity index (χ2n) is 3.27. The summed E-state index contributed by atoms with van der Waals surface area (Å²) < 4.78 is 0.885. The molecule has 0 aromatic carbocycles. The molecule has 0 aliphatic heterocycles. The van der Waals surface area contributed by atoms with Crippen LogP contribution in [0, 0.1) is 6.92 Å². The molecule has 0 aliphatic carbocycles. The second-order valence-corrected chi connectivity index (χ2v) is 4.94. The Balaban J connectivity index is 2.73. The Hall–Kier alpha value is -0.390. The molecule has 16 heavy (non-hydrogen) atoms. The number of hydrogen-bond donors (Lipinski definition) is 2. The van der Waals surface area contributed by atoms with Gasteiger partial charge in [-0.15, -0.1) is 0 Å². The fraction of sp³-hybridized carbons (Fsp3) is 0.400. The van der Waals surface area contributed by atoms with Crippen molar-refractivity contribution in [3.8, 4) is 0 Å². The average Bonchev–Trinajstić information content (AvgIpc) is 2.23. The lowest BCUT2D eigenvalue weighted by molar-refractivity contribution is 0.846. The van der Waals surface area contributed by atoms with E-state index in [9.17, 15) is 0 Å². The van der Waals surface area contributed by atoms with Crippen LogP contribution in [-0.2, 0) is 0 Å². The fourth-order valence-corrected chi connectivity index (χ4v) is 1.88. The number of pyridine rings is 1. The Morgan fingerprint density at radius 1 is 1.62 bits per heavy atom. The van der Waals surface area contributed by atoms with Gasteiger partial charge in [0, 0.05) is 11.0 Å². The third-order valence-electron chi connectivity index (χ3n) is 1.87. The quantitative estimate of drug-likeness (QED) is 0.835. The first kappa shape index (κ1) is 13.7. The van der Waals surface area contributed by atoms with Gasteiger partial charge in [0.2, 0.25) is 0 Å². The highest BCUT2D eigenvalue weighted by atomic mass is 79.9. The second kappa shape index (κ2) is 6.37. The summed E-state index contributed by atoms with van der Waals surface area (Å²) in [6.07, 6.45) is 1.02. The Labute approximate surface area is 114 Å². The van der Waals surface area contributed by atoms with Crippen LogP contribution >= 0.6 is 39.7 Å². The molecule has 2 N–H and O–H groups in total. The number of anilines is 1. The molecule has 0 aliphatic rings. The van der Waals surface area contributed by atoms with E-state index in [4.69, 9.17) is 23.8 Å². The summed E-state index contributed by atoms with van der Waals surface area (Å²) in [6, 6.07) is 1.80. The van der Waals surface area contributed by atoms with Gasteiger partial charge in [-0.3, -0.25) is 0 Å². The first-order valence-electron chi connectivity index (χ1n) is 4.92. The molecule has 1 aromatic heterocycles. The molecule has 0 saturated carbocycles. The van der Waals surface area contributed by atoms with Gasteiger partial charge < -0.3 is 10.6 Å². The zero-order valence-corrected chi connectivity index (χ0v) is 12.3. The molecule has 0 unspecified atom stereocenters. The van der Waals surface area contributed by atoms with E-state index in [0.29, 0.717) is 16.0 Å². The molecule has 0 radical (unpaired) electrons. The van der Waals surface area contributed by atoms with E-state index in [-0.39, 0.29) is 0 Å². The van der Waals surface area contributed by atoms with Crippen LogP contribution in [0.2, 0.25) is 5.02 Å². The lowest BCUT2D eigenvalue weighted by Crippen LogP contribution is -2.29. The van der Waals surface area contributed by atoms with Crippen molar-refractivity contribution in [2.45, 2.75) is 20.3 Å². The summed E-state index contributed by atoms with van der Waals surface area (Å²) in [5.41, 5.74) is 0.866. The third-order valence-corrected chi connectivity index (χ3v) is 3.21. The van der Waals surface area contributed by atoms with Crippen molar-refractivity contribution in [1.82, 2.24) is 10.3 Å². The van der Waals surface area contributed by atoms with Crippen molar-refractivity contribution in [1.29, 1.82) is 0 Å². The number of nitrogens with one attached hydrogen (secondary N) is 2. The highest BCUT2D eigenvalue weighted by Crippen LogP contribution is 2.25. The van der Waals surface area contributed by atoms with Gasteiger partial charge in [-0.05, 0) is 47.6 Å². The summed E-state index contributed by atoms with van der Waals surface area (Å²) in [7, 11) is 0. The van der Waals surface area contributed by atoms with Crippen molar-refractivity contribution < 1.29 is 0 Å². The highest BCUT2D eigenvalue weighted by molar-refractivity contribution is 9.10. The molecule has 1 heterocycles. The van der Waals surface area contributed by atoms with Crippen LogP contribution in [0.1, 0.15) is 19.0 Å². The number of aryl methyl sites for hydroxylation is 1. The third kappa shape index (κ3) is 3.88. The van der Waals surface area contributed by atoms with Gasteiger partial charge >= 0.3 is 0 Å². The van der Waals surface area contributed by atoms with Crippen LogP contribution in [0.3, 0.4) is 0 Å². The summed E-state index contributed by atoms with van der Waals surface area (Å²) in [5.74, 6) is 0.580. The van der Waals surface area contributed by atoms with Crippen molar-refractivity contribution in [3.05, 3.63) is 21.3 Å². The molecule has 0 bridgehead atoms. The monoisotopic (exact) mass is 321 g/mol. The SMILES string of the molecule is CCCNC(=S)Nc1nc(C)c(Br)cc1Cl. The van der Waals surface area contributed by atoms with Crippen LogP contribution in [0.15, 0.2) is 10.5 Å². The van der Waals surface area contributed by atoms with Crippen LogP contribution in [0.5, 0.6) is 0 Å². The Morgan fingerprint density at radius 2 is 2.31 bits per heavy atom. The molecule has 0 amide bonds. The van der Waals surface area contributed by atoms with Gasteiger partial charge in [0.15, 0.2) is 10.9 Å². The molecule has 0 saturated heterocycles. The summed E-state index contributed by atoms with van der Waals surface area (Å²) in [4.78, 5) is 4.30. The van der Waals surface area contributed by atoms with E-state index < -0.39 is 0 Å². The van der Waals surface area contributed by atoms with Gasteiger partial charge in [0.05, 0.1) is 10.7 Å². The minimum atomic E-state index is 0.540. The van der Waals surface area contributed by atoms with Crippen molar-refractivity contribution in [2.75, 3.05) is 11.9 Å². The van der Waals surface area contributed by atoms with Gasteiger partial charge in [-0.25, -0.2) is 4.98 Å². The minimum Gasteiger partial charge on any atom is -0.362 e. The number of halogens is 2. The topological polar surface area (TPSA) is 37.0 Å². The molecule has 1 aromatic rings. The van der Waals surface area contributed by atoms with Crippen molar-refractivity contribution in [3.63, 3.8) is 0 Å². The number of rotatable bonds is 3. The van der Waals surface area contributed by atoms with Crippen molar-refractivity contribution in [2.24, 2.45) is 0 Å². The molecular weight excluding hydrogens is 310 g/mol. The zero-order valence-electron chi connectivity index (χ0n) is 9.10. The highest BCUT2D eigenvalue weighted by Gasteiger charge is 2.07. The first-order valence-corrected chi connectivity index (χ1v) is 6.50. The first-order chi connectivity index (χ1) is 7.54. The largest absolute Gasteiger partial charge is 0.362 e. The number of nitrogens with zero attached hydrogens (tertiary/aromatic N) is 1. The predicted octanol–water partition coefficient (Wildman–Crippen LogP) is 3.50. The summed E-state index contributed by atoms with van der Waals surface area (Å²) in [5, 5.41) is 7.10. The maximum absolute atomic E-state index is 6.04. The molecule has 0 fully saturated rings. The Bertz CT molecular complexity index is 398. The fourth-order valence-electron chi connectivity index (χ4n) is 1.04. The molecule has 3 nitrogen and oxygen atoms in total. The smallest absolute Gasteiger partial charge is 0.171 e. The van der Waals surface area contributed by atoms with E-state index in [2.05, 4.69) is 38.5 Å². The molecule has 6 heteroatoms. The predicted molar refractivity (Wildman–Crippen MR) is 76.2 cm³/mol. The standard InChI is InChI=1S/C10H13BrClN3S/c1-3-4-13-10(16)15-9-8(12)5-7(11)6(2)14-9/h5H,3-4H2,1-2H3,(H2,13,14,15,16). The van der Waals surface area contributed by atoms with Gasteiger partial charge in [-0.1, -0.05) is 18.5 Å². The number of thiocarbonyl (C=S) groups is 1. The van der Waals surface area contributed by atoms with Crippen molar-refractivity contribution >= 4 is 50.7 Å². The lowest BCUT2D eigenvalue weighted by Gasteiger charge is -2.11. The van der Waals surface area contributed by atoms with Crippen LogP contribution in [0.4, 0.5) is 5.82 Å².